The van der Waals surface area contributed by atoms with Crippen molar-refractivity contribution in [2.45, 2.75) is 296 Å². The standard InChI is InChI=1S/C15H28O5.C14H26O6.C10H19NO4.C9H18O2.C7H12O3.C7H12O2.4H2O/c1-5-11-6-12(16)9(3)15(19-11)20-14-10(4)18-7-8(2)13(14)17;1-4-9-5-10(15)7(2)14(19-9)20-13-8(3)18-6-11(16)12(13)17;1-4-7-5-8(13)9(11-6(2)12)10(14-3)15-7;1-4-8-5-6(2)7(3)9(10)11-8;1-4-5(2)10-3-6(8)7(4)9;1-5-4-9-6(2)3-7(5)8;;;;/h8-17H,5-7H2,1-4H3;7-17H,4-6H2,1-3H3;7-10,13H,4-5H2,1-3H3,(H,11,12);6-10H,4-5H2,1-3H3;5-9H,1,3H2,2H3;3,5,7-8H,4H2,1-2H3;4*1H2. The molecule has 7 fully saturated rings. The van der Waals surface area contributed by atoms with Crippen molar-refractivity contribution in [3.05, 3.63) is 24.0 Å². The fraction of sp³-hybridized carbons (Fsp3) is 0.919. The maximum atomic E-state index is 10.9. The lowest BCUT2D eigenvalue weighted by Gasteiger charge is -2.43. The molecule has 0 bridgehead atoms. The molecule has 8 aliphatic rings. The van der Waals surface area contributed by atoms with Crippen LogP contribution in [0.15, 0.2) is 24.0 Å². The van der Waals surface area contributed by atoms with E-state index in [1.54, 1.807) is 19.9 Å². The fourth-order valence-corrected chi connectivity index (χ4v) is 10.7. The van der Waals surface area contributed by atoms with E-state index in [-0.39, 0.29) is 119 Å². The summed E-state index contributed by atoms with van der Waals surface area (Å²) in [6, 6.07) is -0.477. The van der Waals surface area contributed by atoms with Crippen LogP contribution in [-0.4, -0.2) is 253 Å². The van der Waals surface area contributed by atoms with E-state index in [1.807, 2.05) is 69.2 Å². The van der Waals surface area contributed by atoms with Crippen LogP contribution in [0, 0.1) is 35.5 Å². The number of ether oxygens (including phenoxy) is 11. The van der Waals surface area contributed by atoms with Crippen molar-refractivity contribution in [1.29, 1.82) is 0 Å². The van der Waals surface area contributed by atoms with Crippen LogP contribution in [-0.2, 0) is 56.9 Å². The Labute approximate surface area is 528 Å². The summed E-state index contributed by atoms with van der Waals surface area (Å²) in [6.45, 7) is 33.9. The lowest BCUT2D eigenvalue weighted by Crippen LogP contribution is -2.57. The third-order valence-electron chi connectivity index (χ3n) is 17.7. The van der Waals surface area contributed by atoms with E-state index in [2.05, 4.69) is 25.7 Å². The van der Waals surface area contributed by atoms with Crippen LogP contribution < -0.4 is 5.32 Å². The maximum Gasteiger partial charge on any atom is 0.217 e. The molecule has 0 aromatic carbocycles. The van der Waals surface area contributed by atoms with Crippen molar-refractivity contribution in [3.63, 3.8) is 0 Å². The van der Waals surface area contributed by atoms with Gasteiger partial charge >= 0.3 is 0 Å². The summed E-state index contributed by atoms with van der Waals surface area (Å²) < 4.78 is 60.8. The van der Waals surface area contributed by atoms with Crippen LogP contribution in [0.25, 0.3) is 0 Å². The summed E-state index contributed by atoms with van der Waals surface area (Å²) >= 11 is 0. The second-order valence-corrected chi connectivity index (χ2v) is 24.7. The molecule has 19 N–H and O–H groups in total. The van der Waals surface area contributed by atoms with Gasteiger partial charge in [0.15, 0.2) is 25.2 Å². The Kier molecular flexibility index (Phi) is 43.6. The minimum Gasteiger partial charge on any atom is -0.498 e. The minimum atomic E-state index is -1.01. The first-order valence-electron chi connectivity index (χ1n) is 31.3. The van der Waals surface area contributed by atoms with Crippen LogP contribution in [0.5, 0.6) is 0 Å². The van der Waals surface area contributed by atoms with E-state index in [1.165, 1.54) is 14.0 Å². The zero-order valence-corrected chi connectivity index (χ0v) is 55.9. The fourth-order valence-electron chi connectivity index (χ4n) is 10.7. The molecule has 1 amide bonds. The van der Waals surface area contributed by atoms with E-state index >= 15 is 0 Å². The molecule has 27 heteroatoms. The van der Waals surface area contributed by atoms with Crippen molar-refractivity contribution in [3.8, 4) is 0 Å². The third kappa shape index (κ3) is 27.6. The summed E-state index contributed by atoms with van der Waals surface area (Å²) in [5.74, 6) is 1.52. The van der Waals surface area contributed by atoms with Gasteiger partial charge in [0.1, 0.15) is 42.7 Å². The van der Waals surface area contributed by atoms with Crippen molar-refractivity contribution < 1.29 is 130 Å². The Morgan fingerprint density at radius 3 is 1.40 bits per heavy atom. The number of aliphatic hydroxyl groups excluding tert-OH is 10. The van der Waals surface area contributed by atoms with Gasteiger partial charge in [-0.15, -0.1) is 0 Å². The highest BCUT2D eigenvalue weighted by atomic mass is 16.7. The molecule has 0 spiro atoms. The molecule has 0 saturated carbocycles. The number of hydrogen-bond acceptors (Lipinski definition) is 22. The molecule has 89 heavy (non-hydrogen) atoms. The van der Waals surface area contributed by atoms with Crippen molar-refractivity contribution in [2.75, 3.05) is 33.5 Å². The second-order valence-electron chi connectivity index (χ2n) is 24.7. The normalized spacial score (nSPS) is 42.6. The first-order valence-corrected chi connectivity index (χ1v) is 31.3. The average molecular weight is 1300 g/mol. The number of methoxy groups -OCH3 is 1. The summed E-state index contributed by atoms with van der Waals surface area (Å²) in [7, 11) is 1.50. The van der Waals surface area contributed by atoms with Gasteiger partial charge in [0, 0.05) is 62.9 Å². The van der Waals surface area contributed by atoms with Gasteiger partial charge in [0.2, 0.25) is 5.91 Å². The summed E-state index contributed by atoms with van der Waals surface area (Å²) in [6.07, 6.45) is -1.55. The number of amides is 1. The van der Waals surface area contributed by atoms with Crippen LogP contribution in [0.3, 0.4) is 0 Å². The summed E-state index contributed by atoms with van der Waals surface area (Å²) in [4.78, 5) is 10.9. The molecule has 8 heterocycles. The molecule has 29 unspecified atom stereocenters. The van der Waals surface area contributed by atoms with Gasteiger partial charge in [-0.3, -0.25) is 4.79 Å². The van der Waals surface area contributed by atoms with Gasteiger partial charge in [-0.05, 0) is 77.4 Å². The predicted octanol–water partition coefficient (Wildman–Crippen LogP) is 0.444. The Bertz CT molecular complexity index is 1840. The van der Waals surface area contributed by atoms with Crippen LogP contribution >= 0.6 is 0 Å². The molecule has 0 aliphatic carbocycles. The molecule has 7 saturated heterocycles. The first-order chi connectivity index (χ1) is 39.9. The summed E-state index contributed by atoms with van der Waals surface area (Å²) in [5, 5.41) is 99.5. The molecule has 8 aliphatic heterocycles. The van der Waals surface area contributed by atoms with Crippen LogP contribution in [0.1, 0.15) is 155 Å². The lowest BCUT2D eigenvalue weighted by molar-refractivity contribution is -0.300. The largest absolute Gasteiger partial charge is 0.498 e. The molecule has 0 aromatic rings. The van der Waals surface area contributed by atoms with Crippen molar-refractivity contribution in [2.24, 2.45) is 35.5 Å². The van der Waals surface area contributed by atoms with Gasteiger partial charge in [0.25, 0.3) is 0 Å². The SMILES string of the molecule is C=C1C(C)OCC(O)C1O.CC1=CC(O)C(C)CO1.CCC1CC(C)C(C)C(O)O1.CCC1CC(O)C(C)C(OC2C(C)OCC(C)C2O)O1.CCC1CC(O)C(C)C(OC2C(C)OCC(O)C2O)O1.CCC1CC(O)C(NC(C)=O)C(OC)O1.O.O.O.O. The summed E-state index contributed by atoms with van der Waals surface area (Å²) in [5.41, 5.74) is 0.554. The Balaban J connectivity index is 0. The number of rotatable bonds is 10. The quantitative estimate of drug-likeness (QED) is 0.132. The molecule has 532 valence electrons. The van der Waals surface area contributed by atoms with Gasteiger partial charge in [-0.2, -0.15) is 0 Å². The molecule has 0 aromatic heterocycles. The second kappa shape index (κ2) is 43.7. The topological polar surface area (TPSA) is 459 Å². The van der Waals surface area contributed by atoms with E-state index in [0.29, 0.717) is 44.0 Å². The molecule has 0 radical (unpaired) electrons. The molecule has 27 nitrogen and oxygen atoms in total. The zero-order valence-electron chi connectivity index (χ0n) is 55.9. The Hall–Kier alpha value is -2.21. The van der Waals surface area contributed by atoms with E-state index in [4.69, 9.17) is 57.2 Å². The zero-order chi connectivity index (χ0) is 64.2. The van der Waals surface area contributed by atoms with E-state index in [9.17, 15) is 50.8 Å². The Morgan fingerprint density at radius 1 is 0.539 bits per heavy atom. The number of aliphatic hydroxyl groups is 10. The number of carbonyl (C=O) groups is 1. The molecular formula is C62H123NO26. The molecule has 29 atom stereocenters. The third-order valence-corrected chi connectivity index (χ3v) is 17.7. The Morgan fingerprint density at radius 2 is 0.978 bits per heavy atom. The number of allylic oxidation sites excluding steroid dienone is 1. The highest BCUT2D eigenvalue weighted by Gasteiger charge is 2.45. The van der Waals surface area contributed by atoms with Crippen LogP contribution in [0.2, 0.25) is 0 Å². The average Bonchev–Trinajstić information content (AvgIpc) is 3.51. The van der Waals surface area contributed by atoms with E-state index in [0.717, 1.165) is 37.9 Å². The lowest BCUT2D eigenvalue weighted by atomic mass is 9.87. The van der Waals surface area contributed by atoms with Gasteiger partial charge in [-0.1, -0.05) is 75.8 Å². The predicted molar refractivity (Wildman–Crippen MR) is 329 cm³/mol. The smallest absolute Gasteiger partial charge is 0.217 e. The number of carbonyl (C=O) groups excluding carboxylic acids is 1. The molecular weight excluding hydrogens is 1170 g/mol. The van der Waals surface area contributed by atoms with Gasteiger partial charge < -0.3 is 130 Å². The van der Waals surface area contributed by atoms with Crippen LogP contribution in [0.4, 0.5) is 0 Å². The number of hydrogen-bond donors (Lipinski definition) is 11. The first kappa shape index (κ1) is 88.8. The van der Waals surface area contributed by atoms with Crippen molar-refractivity contribution in [1.82, 2.24) is 5.32 Å². The molecule has 8 rings (SSSR count). The van der Waals surface area contributed by atoms with E-state index < -0.39 is 92.2 Å². The minimum absolute atomic E-state index is 0. The highest BCUT2D eigenvalue weighted by Crippen LogP contribution is 2.34. The van der Waals surface area contributed by atoms with Crippen molar-refractivity contribution >= 4 is 5.91 Å². The van der Waals surface area contributed by atoms with Gasteiger partial charge in [-0.25, -0.2) is 0 Å². The van der Waals surface area contributed by atoms with Gasteiger partial charge in [0.05, 0.1) is 105 Å². The maximum absolute atomic E-state index is 10.9. The highest BCUT2D eigenvalue weighted by molar-refractivity contribution is 5.73. The number of nitrogens with one attached hydrogen (secondary N) is 1. The monoisotopic (exact) mass is 1300 g/mol.